The second kappa shape index (κ2) is 3.61. The number of carbonyl (C=O) groups is 1. The molecule has 4 nitrogen and oxygen atoms in total. The quantitative estimate of drug-likeness (QED) is 0.784. The van der Waals surface area contributed by atoms with E-state index < -0.39 is 0 Å². The third kappa shape index (κ3) is 1.60. The monoisotopic (exact) mass is 205 g/mol. The van der Waals surface area contributed by atoms with Crippen LogP contribution in [0.1, 0.15) is 32.4 Å². The van der Waals surface area contributed by atoms with Crippen molar-refractivity contribution in [2.45, 2.75) is 38.1 Å². The van der Waals surface area contributed by atoms with Crippen LogP contribution in [0.3, 0.4) is 0 Å². The van der Waals surface area contributed by atoms with Gasteiger partial charge in [-0.25, -0.2) is 0 Å². The zero-order valence-electron chi connectivity index (χ0n) is 9.03. The van der Waals surface area contributed by atoms with E-state index in [2.05, 4.69) is 29.1 Å². The smallest absolute Gasteiger partial charge is 0.221 e. The molecule has 15 heavy (non-hydrogen) atoms. The van der Waals surface area contributed by atoms with Crippen molar-refractivity contribution in [1.29, 1.82) is 0 Å². The van der Waals surface area contributed by atoms with Crippen LogP contribution in [0.2, 0.25) is 0 Å². The minimum atomic E-state index is -0.208. The maximum atomic E-state index is 11.4. The summed E-state index contributed by atoms with van der Waals surface area (Å²) in [6.45, 7) is 4.15. The SMILES string of the molecule is CCC1NC(=O)CC1(C)c1cnccn1. The van der Waals surface area contributed by atoms with E-state index in [-0.39, 0.29) is 17.4 Å². The molecule has 0 spiro atoms. The number of rotatable bonds is 2. The van der Waals surface area contributed by atoms with Gasteiger partial charge in [-0.2, -0.15) is 0 Å². The van der Waals surface area contributed by atoms with Crippen molar-refractivity contribution in [2.24, 2.45) is 0 Å². The van der Waals surface area contributed by atoms with Gasteiger partial charge in [0.1, 0.15) is 0 Å². The van der Waals surface area contributed by atoms with Crippen molar-refractivity contribution in [3.8, 4) is 0 Å². The normalized spacial score (nSPS) is 30.3. The molecule has 1 N–H and O–H groups in total. The zero-order valence-corrected chi connectivity index (χ0v) is 9.03. The summed E-state index contributed by atoms with van der Waals surface area (Å²) < 4.78 is 0. The van der Waals surface area contributed by atoms with Crippen molar-refractivity contribution in [3.63, 3.8) is 0 Å². The van der Waals surface area contributed by atoms with Crippen molar-refractivity contribution in [1.82, 2.24) is 15.3 Å². The van der Waals surface area contributed by atoms with E-state index in [0.717, 1.165) is 12.1 Å². The third-order valence-electron chi connectivity index (χ3n) is 3.19. The van der Waals surface area contributed by atoms with Crippen LogP contribution in [0, 0.1) is 0 Å². The van der Waals surface area contributed by atoms with Gasteiger partial charge < -0.3 is 5.32 Å². The van der Waals surface area contributed by atoms with Crippen LogP contribution in [-0.4, -0.2) is 21.9 Å². The van der Waals surface area contributed by atoms with Crippen molar-refractivity contribution in [2.75, 3.05) is 0 Å². The van der Waals surface area contributed by atoms with Crippen molar-refractivity contribution < 1.29 is 4.79 Å². The zero-order chi connectivity index (χ0) is 10.9. The first kappa shape index (κ1) is 10.1. The van der Waals surface area contributed by atoms with Crippen LogP contribution in [-0.2, 0) is 10.2 Å². The average molecular weight is 205 g/mol. The Kier molecular flexibility index (Phi) is 2.42. The highest BCUT2D eigenvalue weighted by atomic mass is 16.2. The summed E-state index contributed by atoms with van der Waals surface area (Å²) in [6.07, 6.45) is 6.50. The lowest BCUT2D eigenvalue weighted by Crippen LogP contribution is -2.38. The fraction of sp³-hybridized carbons (Fsp3) is 0.545. The summed E-state index contributed by atoms with van der Waals surface area (Å²) >= 11 is 0. The molecule has 4 heteroatoms. The average Bonchev–Trinajstić information content (AvgIpc) is 2.56. The van der Waals surface area contributed by atoms with Gasteiger partial charge in [-0.05, 0) is 6.42 Å². The first-order valence-electron chi connectivity index (χ1n) is 5.22. The standard InChI is InChI=1S/C11H15N3O/c1-3-8-11(2,6-10(15)14-8)9-7-12-4-5-13-9/h4-5,7-8H,3,6H2,1-2H3,(H,14,15). The molecule has 80 valence electrons. The van der Waals surface area contributed by atoms with Crippen LogP contribution >= 0.6 is 0 Å². The fourth-order valence-corrected chi connectivity index (χ4v) is 2.28. The Morgan fingerprint density at radius 1 is 1.60 bits per heavy atom. The molecule has 0 saturated carbocycles. The largest absolute Gasteiger partial charge is 0.352 e. The molecule has 1 saturated heterocycles. The van der Waals surface area contributed by atoms with E-state index in [1.807, 2.05) is 0 Å². The number of amides is 1. The molecule has 1 aliphatic rings. The molecule has 2 heterocycles. The Labute approximate surface area is 89.1 Å². The highest BCUT2D eigenvalue weighted by Gasteiger charge is 2.44. The van der Waals surface area contributed by atoms with Crippen LogP contribution in [0.15, 0.2) is 18.6 Å². The molecular formula is C11H15N3O. The molecule has 1 aromatic rings. The highest BCUT2D eigenvalue weighted by Crippen LogP contribution is 2.35. The van der Waals surface area contributed by atoms with E-state index in [9.17, 15) is 4.79 Å². The Bertz CT molecular complexity index is 365. The Morgan fingerprint density at radius 3 is 3.00 bits per heavy atom. The first-order valence-corrected chi connectivity index (χ1v) is 5.22. The molecule has 0 radical (unpaired) electrons. The van der Waals surface area contributed by atoms with Gasteiger partial charge in [0.25, 0.3) is 0 Å². The third-order valence-corrected chi connectivity index (χ3v) is 3.19. The Morgan fingerprint density at radius 2 is 2.40 bits per heavy atom. The molecule has 0 aromatic carbocycles. The number of aromatic nitrogens is 2. The number of hydrogen-bond donors (Lipinski definition) is 1. The minimum Gasteiger partial charge on any atom is -0.352 e. The van der Waals surface area contributed by atoms with Crippen LogP contribution in [0.5, 0.6) is 0 Å². The highest BCUT2D eigenvalue weighted by molar-refractivity contribution is 5.81. The summed E-state index contributed by atoms with van der Waals surface area (Å²) in [5, 5.41) is 2.99. The van der Waals surface area contributed by atoms with Crippen LogP contribution in [0.4, 0.5) is 0 Å². The molecule has 1 aromatic heterocycles. The van der Waals surface area contributed by atoms with Gasteiger partial charge >= 0.3 is 0 Å². The number of nitrogens with zero attached hydrogens (tertiary/aromatic N) is 2. The van der Waals surface area contributed by atoms with E-state index in [4.69, 9.17) is 0 Å². The first-order chi connectivity index (χ1) is 7.16. The van der Waals surface area contributed by atoms with Crippen molar-refractivity contribution in [3.05, 3.63) is 24.3 Å². The van der Waals surface area contributed by atoms with Gasteiger partial charge in [0.05, 0.1) is 5.69 Å². The minimum absolute atomic E-state index is 0.106. The molecule has 2 rings (SSSR count). The van der Waals surface area contributed by atoms with E-state index in [0.29, 0.717) is 6.42 Å². The Balaban J connectivity index is 2.37. The molecule has 1 fully saturated rings. The number of nitrogens with one attached hydrogen (secondary N) is 1. The molecule has 1 amide bonds. The molecule has 0 bridgehead atoms. The second-order valence-electron chi connectivity index (χ2n) is 4.21. The van der Waals surface area contributed by atoms with E-state index >= 15 is 0 Å². The Hall–Kier alpha value is -1.45. The lowest BCUT2D eigenvalue weighted by Gasteiger charge is -2.28. The molecule has 1 aliphatic heterocycles. The second-order valence-corrected chi connectivity index (χ2v) is 4.21. The number of carbonyl (C=O) groups excluding carboxylic acids is 1. The number of hydrogen-bond acceptors (Lipinski definition) is 3. The van der Waals surface area contributed by atoms with Gasteiger partial charge in [0, 0.05) is 36.5 Å². The van der Waals surface area contributed by atoms with E-state index in [1.165, 1.54) is 0 Å². The lowest BCUT2D eigenvalue weighted by atomic mass is 9.78. The maximum Gasteiger partial charge on any atom is 0.221 e. The van der Waals surface area contributed by atoms with Gasteiger partial charge in [0.15, 0.2) is 0 Å². The van der Waals surface area contributed by atoms with Gasteiger partial charge in [-0.1, -0.05) is 13.8 Å². The summed E-state index contributed by atoms with van der Waals surface area (Å²) in [5.74, 6) is 0.106. The molecule has 2 unspecified atom stereocenters. The predicted octanol–water partition coefficient (Wildman–Crippen LogP) is 1.03. The summed E-state index contributed by atoms with van der Waals surface area (Å²) in [6, 6.07) is 0.168. The fourth-order valence-electron chi connectivity index (χ4n) is 2.28. The van der Waals surface area contributed by atoms with Gasteiger partial charge in [-0.3, -0.25) is 14.8 Å². The predicted molar refractivity (Wildman–Crippen MR) is 56.2 cm³/mol. The van der Waals surface area contributed by atoms with E-state index in [1.54, 1.807) is 18.6 Å². The lowest BCUT2D eigenvalue weighted by molar-refractivity contribution is -0.119. The van der Waals surface area contributed by atoms with Gasteiger partial charge in [-0.15, -0.1) is 0 Å². The summed E-state index contributed by atoms with van der Waals surface area (Å²) in [4.78, 5) is 19.8. The molecule has 0 aliphatic carbocycles. The topological polar surface area (TPSA) is 54.9 Å². The van der Waals surface area contributed by atoms with Crippen LogP contribution < -0.4 is 5.32 Å². The summed E-state index contributed by atoms with van der Waals surface area (Å²) in [5.41, 5.74) is 0.690. The molecule has 2 atom stereocenters. The van der Waals surface area contributed by atoms with Crippen molar-refractivity contribution >= 4 is 5.91 Å². The summed E-state index contributed by atoms with van der Waals surface area (Å²) in [7, 11) is 0. The van der Waals surface area contributed by atoms with Gasteiger partial charge in [0.2, 0.25) is 5.91 Å². The maximum absolute atomic E-state index is 11.4. The van der Waals surface area contributed by atoms with Crippen LogP contribution in [0.25, 0.3) is 0 Å². The molecular weight excluding hydrogens is 190 g/mol.